The molecule has 2 aromatic rings. The van der Waals surface area contributed by atoms with Crippen LogP contribution >= 0.6 is 11.6 Å². The van der Waals surface area contributed by atoms with Gasteiger partial charge < -0.3 is 10.1 Å². The molecule has 1 N–H and O–H groups in total. The summed E-state index contributed by atoms with van der Waals surface area (Å²) in [7, 11) is 1.52. The SMILES string of the molecule is COc1ccc(CNCc2cccc(Cl)c2)c(F)c1. The quantitative estimate of drug-likeness (QED) is 0.899. The molecule has 100 valence electrons. The molecule has 0 aliphatic carbocycles. The molecule has 4 heteroatoms. The van der Waals surface area contributed by atoms with Gasteiger partial charge in [0.25, 0.3) is 0 Å². The lowest BCUT2D eigenvalue weighted by atomic mass is 10.2. The molecule has 0 saturated heterocycles. The van der Waals surface area contributed by atoms with Crippen molar-refractivity contribution in [1.82, 2.24) is 5.32 Å². The van der Waals surface area contributed by atoms with Crippen LogP contribution in [0.15, 0.2) is 42.5 Å². The molecule has 0 fully saturated rings. The molecule has 0 spiro atoms. The van der Waals surface area contributed by atoms with Gasteiger partial charge in [-0.15, -0.1) is 0 Å². The van der Waals surface area contributed by atoms with Crippen LogP contribution in [0.3, 0.4) is 0 Å². The van der Waals surface area contributed by atoms with Gasteiger partial charge in [0, 0.05) is 29.7 Å². The fraction of sp³-hybridized carbons (Fsp3) is 0.200. The van der Waals surface area contributed by atoms with E-state index >= 15 is 0 Å². The zero-order chi connectivity index (χ0) is 13.7. The predicted octanol–water partition coefficient (Wildman–Crippen LogP) is 3.78. The summed E-state index contributed by atoms with van der Waals surface area (Å²) in [5.74, 6) is 0.258. The van der Waals surface area contributed by atoms with Crippen molar-refractivity contribution in [3.8, 4) is 5.75 Å². The molecule has 0 aliphatic heterocycles. The highest BCUT2D eigenvalue weighted by Crippen LogP contribution is 2.16. The van der Waals surface area contributed by atoms with Gasteiger partial charge in [-0.3, -0.25) is 0 Å². The van der Waals surface area contributed by atoms with Gasteiger partial charge in [0.2, 0.25) is 0 Å². The maximum Gasteiger partial charge on any atom is 0.131 e. The lowest BCUT2D eigenvalue weighted by molar-refractivity contribution is 0.410. The smallest absolute Gasteiger partial charge is 0.131 e. The van der Waals surface area contributed by atoms with E-state index in [1.54, 1.807) is 12.1 Å². The molecule has 0 heterocycles. The van der Waals surface area contributed by atoms with Gasteiger partial charge in [0.15, 0.2) is 0 Å². The molecule has 2 rings (SSSR count). The molecule has 2 nitrogen and oxygen atoms in total. The normalized spacial score (nSPS) is 10.5. The van der Waals surface area contributed by atoms with E-state index in [1.807, 2.05) is 24.3 Å². The minimum atomic E-state index is -0.266. The Morgan fingerprint density at radius 1 is 1.16 bits per heavy atom. The Kier molecular flexibility index (Phi) is 4.77. The van der Waals surface area contributed by atoms with E-state index < -0.39 is 0 Å². The minimum Gasteiger partial charge on any atom is -0.497 e. The average Bonchev–Trinajstić information content (AvgIpc) is 2.40. The van der Waals surface area contributed by atoms with E-state index in [0.717, 1.165) is 5.56 Å². The third-order valence-corrected chi connectivity index (χ3v) is 3.03. The summed E-state index contributed by atoms with van der Waals surface area (Å²) >= 11 is 5.90. The van der Waals surface area contributed by atoms with Crippen LogP contribution in [0.4, 0.5) is 4.39 Å². The van der Waals surface area contributed by atoms with Crippen molar-refractivity contribution < 1.29 is 9.13 Å². The van der Waals surface area contributed by atoms with Crippen LogP contribution in [0.1, 0.15) is 11.1 Å². The molecule has 0 saturated carbocycles. The first-order valence-corrected chi connectivity index (χ1v) is 6.34. The van der Waals surface area contributed by atoms with Crippen molar-refractivity contribution in [2.75, 3.05) is 7.11 Å². The first-order valence-electron chi connectivity index (χ1n) is 5.96. The number of hydrogen-bond acceptors (Lipinski definition) is 2. The summed E-state index contributed by atoms with van der Waals surface area (Å²) < 4.78 is 18.6. The Balaban J connectivity index is 1.92. The molecule has 0 atom stereocenters. The summed E-state index contributed by atoms with van der Waals surface area (Å²) in [5, 5.41) is 3.89. The molecule has 0 aliphatic rings. The largest absolute Gasteiger partial charge is 0.497 e. The zero-order valence-corrected chi connectivity index (χ0v) is 11.4. The van der Waals surface area contributed by atoms with Crippen LogP contribution in [-0.4, -0.2) is 7.11 Å². The number of halogens is 2. The van der Waals surface area contributed by atoms with Crippen molar-refractivity contribution in [2.45, 2.75) is 13.1 Å². The predicted molar refractivity (Wildman–Crippen MR) is 74.9 cm³/mol. The highest BCUT2D eigenvalue weighted by Gasteiger charge is 2.03. The van der Waals surface area contributed by atoms with Crippen molar-refractivity contribution >= 4 is 11.6 Å². The van der Waals surface area contributed by atoms with Crippen molar-refractivity contribution in [3.63, 3.8) is 0 Å². The van der Waals surface area contributed by atoms with Gasteiger partial charge in [0.05, 0.1) is 7.11 Å². The summed E-state index contributed by atoms with van der Waals surface area (Å²) in [6.07, 6.45) is 0. The molecule has 0 amide bonds. The number of benzene rings is 2. The molecule has 2 aromatic carbocycles. The van der Waals surface area contributed by atoms with E-state index in [-0.39, 0.29) is 5.82 Å². The molecule has 0 radical (unpaired) electrons. The molecule has 0 bridgehead atoms. The fourth-order valence-electron chi connectivity index (χ4n) is 1.79. The van der Waals surface area contributed by atoms with Gasteiger partial charge in [-0.1, -0.05) is 29.8 Å². The Morgan fingerprint density at radius 3 is 2.68 bits per heavy atom. The lowest BCUT2D eigenvalue weighted by Crippen LogP contribution is -2.13. The van der Waals surface area contributed by atoms with Gasteiger partial charge >= 0.3 is 0 Å². The van der Waals surface area contributed by atoms with E-state index in [0.29, 0.717) is 29.4 Å². The van der Waals surface area contributed by atoms with E-state index in [2.05, 4.69) is 5.32 Å². The lowest BCUT2D eigenvalue weighted by Gasteiger charge is -2.08. The Labute approximate surface area is 117 Å². The average molecular weight is 280 g/mol. The van der Waals surface area contributed by atoms with E-state index in [9.17, 15) is 4.39 Å². The summed E-state index contributed by atoms with van der Waals surface area (Å²) in [6, 6.07) is 12.4. The second kappa shape index (κ2) is 6.55. The minimum absolute atomic E-state index is 0.266. The highest BCUT2D eigenvalue weighted by molar-refractivity contribution is 6.30. The van der Waals surface area contributed by atoms with Crippen LogP contribution < -0.4 is 10.1 Å². The van der Waals surface area contributed by atoms with Crippen LogP contribution in [0.5, 0.6) is 5.75 Å². The van der Waals surface area contributed by atoms with E-state index in [1.165, 1.54) is 13.2 Å². The summed E-state index contributed by atoms with van der Waals surface area (Å²) in [5.41, 5.74) is 1.68. The van der Waals surface area contributed by atoms with Crippen LogP contribution in [0.2, 0.25) is 5.02 Å². The monoisotopic (exact) mass is 279 g/mol. The topological polar surface area (TPSA) is 21.3 Å². The van der Waals surface area contributed by atoms with E-state index in [4.69, 9.17) is 16.3 Å². The number of hydrogen-bond donors (Lipinski definition) is 1. The van der Waals surface area contributed by atoms with Crippen LogP contribution in [-0.2, 0) is 13.1 Å². The standard InChI is InChI=1S/C15H15ClFNO/c1-19-14-6-5-12(15(17)8-14)10-18-9-11-3-2-4-13(16)7-11/h2-8,18H,9-10H2,1H3. The third kappa shape index (κ3) is 3.94. The van der Waals surface area contributed by atoms with Crippen molar-refractivity contribution in [3.05, 3.63) is 64.4 Å². The molecule has 0 aromatic heterocycles. The maximum absolute atomic E-state index is 13.7. The third-order valence-electron chi connectivity index (χ3n) is 2.79. The number of ether oxygens (including phenoxy) is 1. The molecular weight excluding hydrogens is 265 g/mol. The number of rotatable bonds is 5. The highest BCUT2D eigenvalue weighted by atomic mass is 35.5. The molecule has 0 unspecified atom stereocenters. The number of methoxy groups -OCH3 is 1. The Hall–Kier alpha value is -1.58. The summed E-state index contributed by atoms with van der Waals surface area (Å²) in [4.78, 5) is 0. The second-order valence-electron chi connectivity index (χ2n) is 4.19. The first-order chi connectivity index (χ1) is 9.19. The van der Waals surface area contributed by atoms with Gasteiger partial charge in [-0.05, 0) is 23.8 Å². The molecular formula is C15H15ClFNO. The van der Waals surface area contributed by atoms with Crippen molar-refractivity contribution in [2.24, 2.45) is 0 Å². The first kappa shape index (κ1) is 13.8. The Morgan fingerprint density at radius 2 is 2.00 bits per heavy atom. The fourth-order valence-corrected chi connectivity index (χ4v) is 2.00. The maximum atomic E-state index is 13.7. The van der Waals surface area contributed by atoms with Crippen LogP contribution in [0.25, 0.3) is 0 Å². The van der Waals surface area contributed by atoms with Gasteiger partial charge in [-0.25, -0.2) is 4.39 Å². The van der Waals surface area contributed by atoms with Crippen LogP contribution in [0, 0.1) is 5.82 Å². The zero-order valence-electron chi connectivity index (χ0n) is 10.6. The molecule has 19 heavy (non-hydrogen) atoms. The number of nitrogens with one attached hydrogen (secondary N) is 1. The second-order valence-corrected chi connectivity index (χ2v) is 4.63. The van der Waals surface area contributed by atoms with Crippen molar-refractivity contribution in [1.29, 1.82) is 0 Å². The van der Waals surface area contributed by atoms with Gasteiger partial charge in [-0.2, -0.15) is 0 Å². The Bertz CT molecular complexity index is 560. The summed E-state index contributed by atoms with van der Waals surface area (Å²) in [6.45, 7) is 1.11. The van der Waals surface area contributed by atoms with Gasteiger partial charge in [0.1, 0.15) is 11.6 Å².